The van der Waals surface area contributed by atoms with E-state index in [9.17, 15) is 19.5 Å². The van der Waals surface area contributed by atoms with Gasteiger partial charge in [0.1, 0.15) is 17.6 Å². The van der Waals surface area contributed by atoms with Crippen LogP contribution >= 0.6 is 0 Å². The third-order valence-corrected chi connectivity index (χ3v) is 3.19. The lowest BCUT2D eigenvalue weighted by molar-refractivity contribution is -0.152. The molecule has 2 rings (SSSR count). The number of carbonyl (C=O) groups is 2. The van der Waals surface area contributed by atoms with Crippen molar-refractivity contribution < 1.29 is 29.3 Å². The number of carboxylic acid groups (broad SMARTS) is 2. The summed E-state index contributed by atoms with van der Waals surface area (Å²) in [5.74, 6) is -1.88. The molecule has 1 aliphatic rings. The summed E-state index contributed by atoms with van der Waals surface area (Å²) in [5, 5.41) is 18.4. The molecule has 108 valence electrons. The van der Waals surface area contributed by atoms with Gasteiger partial charge < -0.3 is 14.9 Å². The van der Waals surface area contributed by atoms with Crippen LogP contribution in [0.1, 0.15) is 6.42 Å². The van der Waals surface area contributed by atoms with E-state index < -0.39 is 23.5 Å². The third-order valence-electron chi connectivity index (χ3n) is 3.19. The van der Waals surface area contributed by atoms with Gasteiger partial charge in [-0.3, -0.25) is 4.79 Å². The second-order valence-electron chi connectivity index (χ2n) is 4.59. The van der Waals surface area contributed by atoms with Crippen LogP contribution in [-0.4, -0.2) is 33.7 Å². The van der Waals surface area contributed by atoms with Crippen LogP contribution in [0.2, 0.25) is 0 Å². The van der Waals surface area contributed by atoms with E-state index >= 15 is 0 Å². The van der Waals surface area contributed by atoms with Crippen LogP contribution in [0.4, 0.5) is 0 Å². The van der Waals surface area contributed by atoms with Gasteiger partial charge in [-0.2, -0.15) is 0 Å². The first-order chi connectivity index (χ1) is 9.98. The summed E-state index contributed by atoms with van der Waals surface area (Å²) in [4.78, 5) is 33.5. The van der Waals surface area contributed by atoms with Crippen LogP contribution in [0, 0.1) is 5.92 Å². The number of rotatable bonds is 4. The van der Waals surface area contributed by atoms with Crippen LogP contribution in [0.25, 0.3) is 0 Å². The Labute approximate surface area is 120 Å². The maximum Gasteiger partial charge on any atom is 0.352 e. The summed E-state index contributed by atoms with van der Waals surface area (Å²) in [6.45, 7) is 0. The van der Waals surface area contributed by atoms with E-state index in [2.05, 4.69) is 0 Å². The molecule has 2 unspecified atom stereocenters. The largest absolute Gasteiger partial charge is 0.481 e. The molecule has 0 saturated heterocycles. The molecule has 0 aliphatic heterocycles. The number of para-hydroxylation sites is 1. The minimum absolute atomic E-state index is 0.164. The molecule has 0 bridgehead atoms. The molecule has 2 N–H and O–H groups in total. The van der Waals surface area contributed by atoms with Gasteiger partial charge in [-0.15, -0.1) is 0 Å². The average molecular weight is 288 g/mol. The predicted molar refractivity (Wildman–Crippen MR) is 71.5 cm³/mol. The number of aliphatic carboxylic acids is 2. The maximum atomic E-state index is 11.6. The third kappa shape index (κ3) is 2.85. The highest BCUT2D eigenvalue weighted by atomic mass is 16.5. The highest BCUT2D eigenvalue weighted by Gasteiger charge is 2.45. The van der Waals surface area contributed by atoms with E-state index in [1.165, 1.54) is 12.0 Å². The van der Waals surface area contributed by atoms with E-state index in [1.54, 1.807) is 30.3 Å². The zero-order valence-corrected chi connectivity index (χ0v) is 10.9. The van der Waals surface area contributed by atoms with Crippen molar-refractivity contribution in [2.45, 2.75) is 12.0 Å². The SMILES string of the molecule is O=C=C1CC(Oc2ccccc2)(C(=O)O)C=CC1C(=O)O. The molecule has 1 aromatic carbocycles. The summed E-state index contributed by atoms with van der Waals surface area (Å²) in [6, 6.07) is 8.24. The van der Waals surface area contributed by atoms with E-state index in [0.717, 1.165) is 6.08 Å². The Morgan fingerprint density at radius 2 is 1.90 bits per heavy atom. The fourth-order valence-corrected chi connectivity index (χ4v) is 2.11. The van der Waals surface area contributed by atoms with Crippen molar-refractivity contribution in [2.75, 3.05) is 0 Å². The molecule has 21 heavy (non-hydrogen) atoms. The van der Waals surface area contributed by atoms with Gasteiger partial charge >= 0.3 is 11.9 Å². The van der Waals surface area contributed by atoms with Crippen LogP contribution in [-0.2, 0) is 14.4 Å². The molecular formula is C15H12O6. The maximum absolute atomic E-state index is 11.6. The lowest BCUT2D eigenvalue weighted by atomic mass is 9.81. The second kappa shape index (κ2) is 5.64. The van der Waals surface area contributed by atoms with Gasteiger partial charge in [-0.05, 0) is 18.2 Å². The minimum Gasteiger partial charge on any atom is -0.481 e. The fraction of sp³-hybridized carbons (Fsp3) is 0.200. The van der Waals surface area contributed by atoms with E-state index in [4.69, 9.17) is 9.84 Å². The molecule has 1 aromatic rings. The molecule has 6 nitrogen and oxygen atoms in total. The molecule has 2 atom stereocenters. The smallest absolute Gasteiger partial charge is 0.352 e. The minimum atomic E-state index is -1.81. The normalized spacial score (nSPS) is 24.2. The van der Waals surface area contributed by atoms with E-state index in [-0.39, 0.29) is 12.0 Å². The zero-order valence-electron chi connectivity index (χ0n) is 10.9. The number of carbonyl (C=O) groups excluding carboxylic acids is 1. The summed E-state index contributed by atoms with van der Waals surface area (Å²) in [5.41, 5.74) is -1.97. The second-order valence-corrected chi connectivity index (χ2v) is 4.59. The van der Waals surface area contributed by atoms with Crippen LogP contribution in [0.15, 0.2) is 48.1 Å². The molecule has 0 fully saturated rings. The van der Waals surface area contributed by atoms with Crippen molar-refractivity contribution in [1.82, 2.24) is 0 Å². The molecule has 0 heterocycles. The van der Waals surface area contributed by atoms with Crippen LogP contribution in [0.3, 0.4) is 0 Å². The van der Waals surface area contributed by atoms with Gasteiger partial charge in [0.05, 0.1) is 0 Å². The first-order valence-corrected chi connectivity index (χ1v) is 6.12. The fourth-order valence-electron chi connectivity index (χ4n) is 2.11. The Balaban J connectivity index is 2.41. The number of hydrogen-bond acceptors (Lipinski definition) is 4. The zero-order chi connectivity index (χ0) is 15.5. The highest BCUT2D eigenvalue weighted by molar-refractivity contribution is 5.86. The van der Waals surface area contributed by atoms with Crippen molar-refractivity contribution in [1.29, 1.82) is 0 Å². The first kappa shape index (κ1) is 14.6. The highest BCUT2D eigenvalue weighted by Crippen LogP contribution is 2.33. The Morgan fingerprint density at radius 3 is 2.43 bits per heavy atom. The molecule has 0 amide bonds. The van der Waals surface area contributed by atoms with Crippen molar-refractivity contribution in [3.63, 3.8) is 0 Å². The van der Waals surface area contributed by atoms with Crippen LogP contribution < -0.4 is 4.74 Å². The standard InChI is InChI=1S/C15H12O6/c16-9-10-8-15(14(19)20,7-6-12(10)13(17)18)21-11-4-2-1-3-5-11/h1-7,12H,8H2,(H,17,18)(H,19,20). The Kier molecular flexibility index (Phi) is 3.91. The van der Waals surface area contributed by atoms with E-state index in [1.807, 2.05) is 0 Å². The number of hydrogen-bond donors (Lipinski definition) is 2. The molecule has 0 radical (unpaired) electrons. The number of benzene rings is 1. The average Bonchev–Trinajstić information content (AvgIpc) is 2.47. The lowest BCUT2D eigenvalue weighted by Gasteiger charge is -2.31. The van der Waals surface area contributed by atoms with Crippen molar-refractivity contribution in [3.8, 4) is 5.75 Å². The molecule has 0 saturated carbocycles. The Hall–Kier alpha value is -2.85. The summed E-state index contributed by atoms with van der Waals surface area (Å²) in [6.07, 6.45) is 1.94. The van der Waals surface area contributed by atoms with Gasteiger partial charge in [0.2, 0.25) is 5.60 Å². The quantitative estimate of drug-likeness (QED) is 0.640. The summed E-state index contributed by atoms with van der Waals surface area (Å²) < 4.78 is 5.49. The van der Waals surface area contributed by atoms with Crippen LogP contribution in [0.5, 0.6) is 5.75 Å². The first-order valence-electron chi connectivity index (χ1n) is 6.12. The monoisotopic (exact) mass is 288 g/mol. The van der Waals surface area contributed by atoms with Gasteiger partial charge in [0, 0.05) is 12.0 Å². The summed E-state index contributed by atoms with van der Waals surface area (Å²) in [7, 11) is 0. The molecule has 1 aliphatic carbocycles. The van der Waals surface area contributed by atoms with Crippen molar-refractivity contribution in [2.24, 2.45) is 5.92 Å². The molecule has 0 aromatic heterocycles. The van der Waals surface area contributed by atoms with Gasteiger partial charge in [0.15, 0.2) is 0 Å². The van der Waals surface area contributed by atoms with Gasteiger partial charge in [-0.1, -0.05) is 24.3 Å². The number of carboxylic acids is 2. The topological polar surface area (TPSA) is 101 Å². The van der Waals surface area contributed by atoms with Gasteiger partial charge in [-0.25, -0.2) is 9.59 Å². The summed E-state index contributed by atoms with van der Waals surface area (Å²) >= 11 is 0. The van der Waals surface area contributed by atoms with Crippen molar-refractivity contribution >= 4 is 17.9 Å². The molecule has 6 heteroatoms. The molecule has 0 spiro atoms. The Morgan fingerprint density at radius 1 is 1.24 bits per heavy atom. The van der Waals surface area contributed by atoms with Gasteiger partial charge in [0.25, 0.3) is 0 Å². The Bertz CT molecular complexity index is 641. The lowest BCUT2D eigenvalue weighted by Crippen LogP contribution is -2.46. The molecular weight excluding hydrogens is 276 g/mol. The predicted octanol–water partition coefficient (Wildman–Crippen LogP) is 1.31. The number of ether oxygens (including phenoxy) is 1. The van der Waals surface area contributed by atoms with E-state index in [0.29, 0.717) is 5.75 Å². The van der Waals surface area contributed by atoms with Crippen molar-refractivity contribution in [3.05, 3.63) is 48.1 Å².